The van der Waals surface area contributed by atoms with Crippen LogP contribution in [0.1, 0.15) is 44.4 Å². The molecule has 3 unspecified atom stereocenters. The molecule has 1 fully saturated rings. The van der Waals surface area contributed by atoms with Crippen molar-refractivity contribution in [3.8, 4) is 6.07 Å². The van der Waals surface area contributed by atoms with Crippen molar-refractivity contribution in [3.05, 3.63) is 18.0 Å². The van der Waals surface area contributed by atoms with Crippen molar-refractivity contribution < 1.29 is 5.11 Å². The first-order chi connectivity index (χ1) is 8.13. The fourth-order valence-corrected chi connectivity index (χ4v) is 2.88. The molecule has 0 spiro atoms. The second kappa shape index (κ2) is 4.50. The molecular formula is C13H19N3O. The van der Waals surface area contributed by atoms with Gasteiger partial charge in [-0.2, -0.15) is 10.4 Å². The second-order valence-electron chi connectivity index (χ2n) is 5.07. The number of aromatic nitrogens is 2. The molecule has 0 radical (unpaired) electrons. The molecule has 0 saturated heterocycles. The van der Waals surface area contributed by atoms with Gasteiger partial charge >= 0.3 is 0 Å². The summed E-state index contributed by atoms with van der Waals surface area (Å²) in [5.41, 5.74) is 0.123. The SMILES string of the molecule is CCC1CCC(C#N)(C(O)c2ccnn2C)C1. The van der Waals surface area contributed by atoms with Crippen LogP contribution in [0, 0.1) is 22.7 Å². The Morgan fingerprint density at radius 2 is 2.53 bits per heavy atom. The standard InChI is InChI=1S/C13H19N3O/c1-3-10-4-6-13(8-10,9-14)12(17)11-5-7-15-16(11)2/h5,7,10,12,17H,3-4,6,8H2,1-2H3. The van der Waals surface area contributed by atoms with Gasteiger partial charge in [0, 0.05) is 13.2 Å². The minimum absolute atomic E-state index is 0.567. The van der Waals surface area contributed by atoms with Crippen LogP contribution in [-0.4, -0.2) is 14.9 Å². The van der Waals surface area contributed by atoms with Crippen LogP contribution in [0.4, 0.5) is 0 Å². The van der Waals surface area contributed by atoms with E-state index in [2.05, 4.69) is 18.1 Å². The van der Waals surface area contributed by atoms with Crippen LogP contribution in [0.5, 0.6) is 0 Å². The monoisotopic (exact) mass is 233 g/mol. The van der Waals surface area contributed by atoms with Crippen LogP contribution in [-0.2, 0) is 7.05 Å². The summed E-state index contributed by atoms with van der Waals surface area (Å²) >= 11 is 0. The van der Waals surface area contributed by atoms with Gasteiger partial charge in [0.15, 0.2) is 0 Å². The average molecular weight is 233 g/mol. The lowest BCUT2D eigenvalue weighted by molar-refractivity contribution is 0.0570. The van der Waals surface area contributed by atoms with E-state index in [0.29, 0.717) is 5.92 Å². The third kappa shape index (κ3) is 1.96. The summed E-state index contributed by atoms with van der Waals surface area (Å²) in [5, 5.41) is 24.0. The summed E-state index contributed by atoms with van der Waals surface area (Å²) < 4.78 is 1.66. The molecule has 1 saturated carbocycles. The summed E-state index contributed by atoms with van der Waals surface area (Å²) in [7, 11) is 1.80. The fourth-order valence-electron chi connectivity index (χ4n) is 2.88. The maximum absolute atomic E-state index is 10.5. The zero-order valence-electron chi connectivity index (χ0n) is 10.4. The van der Waals surface area contributed by atoms with Crippen LogP contribution in [0.3, 0.4) is 0 Å². The maximum atomic E-state index is 10.5. The number of aliphatic hydroxyl groups excluding tert-OH is 1. The topological polar surface area (TPSA) is 61.8 Å². The van der Waals surface area contributed by atoms with Gasteiger partial charge in [-0.05, 0) is 31.2 Å². The van der Waals surface area contributed by atoms with Gasteiger partial charge in [-0.3, -0.25) is 4.68 Å². The number of aryl methyl sites for hydroxylation is 1. The molecule has 92 valence electrons. The minimum Gasteiger partial charge on any atom is -0.385 e. The Balaban J connectivity index is 2.26. The molecular weight excluding hydrogens is 214 g/mol. The fraction of sp³-hybridized carbons (Fsp3) is 0.692. The van der Waals surface area contributed by atoms with E-state index < -0.39 is 11.5 Å². The lowest BCUT2D eigenvalue weighted by Gasteiger charge is -2.27. The number of rotatable bonds is 3. The molecule has 0 aromatic carbocycles. The highest BCUT2D eigenvalue weighted by molar-refractivity contribution is 5.17. The Hall–Kier alpha value is -1.34. The van der Waals surface area contributed by atoms with Crippen LogP contribution in [0.2, 0.25) is 0 Å². The lowest BCUT2D eigenvalue weighted by atomic mass is 9.79. The van der Waals surface area contributed by atoms with Gasteiger partial charge in [0.1, 0.15) is 6.10 Å². The highest BCUT2D eigenvalue weighted by Crippen LogP contribution is 2.50. The molecule has 1 N–H and O–H groups in total. The van der Waals surface area contributed by atoms with E-state index in [9.17, 15) is 10.4 Å². The third-order valence-electron chi connectivity index (χ3n) is 4.11. The highest BCUT2D eigenvalue weighted by atomic mass is 16.3. The number of aliphatic hydroxyl groups is 1. The molecule has 1 heterocycles. The van der Waals surface area contributed by atoms with Gasteiger partial charge in [-0.1, -0.05) is 13.3 Å². The average Bonchev–Trinajstić information content (AvgIpc) is 2.95. The summed E-state index contributed by atoms with van der Waals surface area (Å²) in [6.45, 7) is 2.15. The first-order valence-corrected chi connectivity index (χ1v) is 6.20. The molecule has 1 aliphatic rings. The van der Waals surface area contributed by atoms with E-state index >= 15 is 0 Å². The number of hydrogen-bond donors (Lipinski definition) is 1. The van der Waals surface area contributed by atoms with Gasteiger partial charge in [0.2, 0.25) is 0 Å². The van der Waals surface area contributed by atoms with E-state index in [-0.39, 0.29) is 0 Å². The number of hydrogen-bond acceptors (Lipinski definition) is 3. The molecule has 2 rings (SSSR count). The molecule has 1 aromatic heterocycles. The first-order valence-electron chi connectivity index (χ1n) is 6.20. The Labute approximate surface area is 102 Å². The van der Waals surface area contributed by atoms with Crippen LogP contribution < -0.4 is 0 Å². The predicted molar refractivity (Wildman–Crippen MR) is 63.8 cm³/mol. The van der Waals surface area contributed by atoms with E-state index in [0.717, 1.165) is 31.4 Å². The Morgan fingerprint density at radius 3 is 3.00 bits per heavy atom. The van der Waals surface area contributed by atoms with E-state index in [4.69, 9.17) is 0 Å². The summed E-state index contributed by atoms with van der Waals surface area (Å²) in [4.78, 5) is 0. The van der Waals surface area contributed by atoms with Gasteiger partial charge < -0.3 is 5.11 Å². The van der Waals surface area contributed by atoms with Gasteiger partial charge in [-0.25, -0.2) is 0 Å². The van der Waals surface area contributed by atoms with Gasteiger partial charge in [0.25, 0.3) is 0 Å². The normalized spacial score (nSPS) is 30.1. The Kier molecular flexibility index (Phi) is 3.21. The van der Waals surface area contributed by atoms with E-state index in [1.807, 2.05) is 0 Å². The lowest BCUT2D eigenvalue weighted by Crippen LogP contribution is -2.26. The minimum atomic E-state index is -0.725. The smallest absolute Gasteiger partial charge is 0.114 e. The summed E-state index contributed by atoms with van der Waals surface area (Å²) in [6, 6.07) is 4.16. The van der Waals surface area contributed by atoms with Crippen LogP contribution in [0.15, 0.2) is 12.3 Å². The van der Waals surface area contributed by atoms with E-state index in [1.165, 1.54) is 0 Å². The molecule has 1 aliphatic carbocycles. The van der Waals surface area contributed by atoms with Crippen LogP contribution >= 0.6 is 0 Å². The Morgan fingerprint density at radius 1 is 1.76 bits per heavy atom. The summed E-state index contributed by atoms with van der Waals surface area (Å²) in [6.07, 6.45) is 4.65. The first kappa shape index (κ1) is 12.1. The van der Waals surface area contributed by atoms with Gasteiger partial charge in [0.05, 0.1) is 17.2 Å². The summed E-state index contributed by atoms with van der Waals surface area (Å²) in [5.74, 6) is 0.567. The zero-order chi connectivity index (χ0) is 12.5. The molecule has 4 heteroatoms. The molecule has 0 amide bonds. The van der Waals surface area contributed by atoms with Crippen LogP contribution in [0.25, 0.3) is 0 Å². The quantitative estimate of drug-likeness (QED) is 0.870. The highest BCUT2D eigenvalue weighted by Gasteiger charge is 2.46. The number of nitrogens with zero attached hydrogens (tertiary/aromatic N) is 3. The maximum Gasteiger partial charge on any atom is 0.114 e. The van der Waals surface area contributed by atoms with Crippen molar-refractivity contribution >= 4 is 0 Å². The molecule has 0 bridgehead atoms. The molecule has 4 nitrogen and oxygen atoms in total. The second-order valence-corrected chi connectivity index (χ2v) is 5.07. The molecule has 0 aliphatic heterocycles. The van der Waals surface area contributed by atoms with Crippen molar-refractivity contribution in [3.63, 3.8) is 0 Å². The molecule has 1 aromatic rings. The molecule has 17 heavy (non-hydrogen) atoms. The van der Waals surface area contributed by atoms with Crippen molar-refractivity contribution in [1.82, 2.24) is 9.78 Å². The number of nitriles is 1. The van der Waals surface area contributed by atoms with Crippen molar-refractivity contribution in [2.45, 2.75) is 38.7 Å². The predicted octanol–water partition coefficient (Wildman–Crippen LogP) is 2.17. The zero-order valence-corrected chi connectivity index (χ0v) is 10.4. The Bertz CT molecular complexity index is 434. The van der Waals surface area contributed by atoms with Crippen molar-refractivity contribution in [2.75, 3.05) is 0 Å². The van der Waals surface area contributed by atoms with E-state index in [1.54, 1.807) is 24.0 Å². The largest absolute Gasteiger partial charge is 0.385 e. The van der Waals surface area contributed by atoms with Crippen molar-refractivity contribution in [1.29, 1.82) is 5.26 Å². The van der Waals surface area contributed by atoms with Gasteiger partial charge in [-0.15, -0.1) is 0 Å². The van der Waals surface area contributed by atoms with Crippen molar-refractivity contribution in [2.24, 2.45) is 18.4 Å². The molecule has 3 atom stereocenters. The third-order valence-corrected chi connectivity index (χ3v) is 4.11.